The maximum Gasteiger partial charge on any atom is 0.341 e. The van der Waals surface area contributed by atoms with Crippen molar-refractivity contribution in [3.05, 3.63) is 35.6 Å². The third-order valence-electron chi connectivity index (χ3n) is 2.65. The van der Waals surface area contributed by atoms with Crippen LogP contribution < -0.4 is 4.74 Å². The molecule has 1 aromatic carbocycles. The number of carboxylic acid groups (broad SMARTS) is 1. The summed E-state index contributed by atoms with van der Waals surface area (Å²) in [4.78, 5) is 10.5. The van der Waals surface area contributed by atoms with Crippen LogP contribution >= 0.6 is 11.6 Å². The predicted octanol–water partition coefficient (Wildman–Crippen LogP) is 3.20. The molecule has 2 heterocycles. The van der Waals surface area contributed by atoms with Crippen LogP contribution in [-0.2, 0) is 4.79 Å². The number of rotatable bonds is 4. The van der Waals surface area contributed by atoms with E-state index in [1.54, 1.807) is 24.3 Å². The molecule has 7 heteroatoms. The van der Waals surface area contributed by atoms with Crippen molar-refractivity contribution >= 4 is 28.5 Å². The summed E-state index contributed by atoms with van der Waals surface area (Å²) in [6, 6.07) is 6.74. The molecule has 0 amide bonds. The molecule has 0 saturated heterocycles. The maximum atomic E-state index is 10.5. The Kier molecular flexibility index (Phi) is 3.08. The zero-order chi connectivity index (χ0) is 14.1. The van der Waals surface area contributed by atoms with Crippen LogP contribution in [0.4, 0.5) is 0 Å². The molecule has 102 valence electrons. The van der Waals surface area contributed by atoms with Crippen LogP contribution in [0.15, 0.2) is 39.5 Å². The van der Waals surface area contributed by atoms with Gasteiger partial charge in [-0.25, -0.2) is 4.79 Å². The minimum absolute atomic E-state index is 0.175. The van der Waals surface area contributed by atoms with E-state index in [0.29, 0.717) is 22.4 Å². The number of halogens is 1. The summed E-state index contributed by atoms with van der Waals surface area (Å²) in [5.41, 5.74) is 0.845. The average Bonchev–Trinajstić information content (AvgIpc) is 3.06. The second-order valence-corrected chi connectivity index (χ2v) is 4.32. The van der Waals surface area contributed by atoms with Gasteiger partial charge in [-0.15, -0.1) is 0 Å². The average molecular weight is 294 g/mol. The number of hydrogen-bond acceptors (Lipinski definition) is 5. The zero-order valence-electron chi connectivity index (χ0n) is 10.00. The predicted molar refractivity (Wildman–Crippen MR) is 69.9 cm³/mol. The molecule has 0 atom stereocenters. The van der Waals surface area contributed by atoms with Crippen LogP contribution in [0.25, 0.3) is 22.4 Å². The van der Waals surface area contributed by atoms with Gasteiger partial charge in [0.2, 0.25) is 0 Å². The Balaban J connectivity index is 2.04. The third-order valence-corrected chi connectivity index (χ3v) is 3.01. The number of furan rings is 1. The highest BCUT2D eigenvalue weighted by atomic mass is 35.5. The highest BCUT2D eigenvalue weighted by Crippen LogP contribution is 2.37. The van der Waals surface area contributed by atoms with Crippen molar-refractivity contribution in [2.24, 2.45) is 0 Å². The Bertz CT molecular complexity index is 763. The van der Waals surface area contributed by atoms with Crippen molar-refractivity contribution in [1.29, 1.82) is 0 Å². The number of fused-ring (bicyclic) bond motifs is 1. The first-order valence-corrected chi connectivity index (χ1v) is 6.01. The molecular formula is C13H8ClNO5. The lowest BCUT2D eigenvalue weighted by atomic mass is 10.2. The standard InChI is InChI=1S/C13H8ClNO5/c14-11-8(19-6-10(16)17)4-3-7-12(15-20-13(7)11)9-2-1-5-18-9/h1-5H,6H2,(H,16,17). The van der Waals surface area contributed by atoms with Crippen molar-refractivity contribution < 1.29 is 23.6 Å². The van der Waals surface area contributed by atoms with E-state index in [9.17, 15) is 4.79 Å². The highest BCUT2D eigenvalue weighted by Gasteiger charge is 2.18. The molecule has 0 aliphatic carbocycles. The van der Waals surface area contributed by atoms with Gasteiger partial charge in [0.1, 0.15) is 10.8 Å². The number of benzene rings is 1. The van der Waals surface area contributed by atoms with Crippen LogP contribution in [0.5, 0.6) is 5.75 Å². The van der Waals surface area contributed by atoms with E-state index >= 15 is 0 Å². The van der Waals surface area contributed by atoms with Crippen molar-refractivity contribution in [1.82, 2.24) is 5.16 Å². The van der Waals surface area contributed by atoms with Gasteiger partial charge >= 0.3 is 5.97 Å². The summed E-state index contributed by atoms with van der Waals surface area (Å²) < 4.78 is 15.5. The van der Waals surface area contributed by atoms with Crippen LogP contribution in [0.3, 0.4) is 0 Å². The monoisotopic (exact) mass is 293 g/mol. The molecule has 6 nitrogen and oxygen atoms in total. The number of carbonyl (C=O) groups is 1. The lowest BCUT2D eigenvalue weighted by Gasteiger charge is -2.04. The van der Waals surface area contributed by atoms with Crippen LogP contribution in [0.2, 0.25) is 5.02 Å². The van der Waals surface area contributed by atoms with Crippen molar-refractivity contribution in [2.45, 2.75) is 0 Å². The highest BCUT2D eigenvalue weighted by molar-refractivity contribution is 6.36. The second kappa shape index (κ2) is 4.90. The molecule has 0 unspecified atom stereocenters. The lowest BCUT2D eigenvalue weighted by molar-refractivity contribution is -0.139. The normalized spacial score (nSPS) is 10.8. The van der Waals surface area contributed by atoms with Crippen molar-refractivity contribution in [3.8, 4) is 17.2 Å². The van der Waals surface area contributed by atoms with Gasteiger partial charge in [0.15, 0.2) is 23.6 Å². The minimum atomic E-state index is -1.09. The van der Waals surface area contributed by atoms with E-state index in [4.69, 9.17) is 30.4 Å². The number of aliphatic carboxylic acids is 1. The van der Waals surface area contributed by atoms with E-state index in [1.807, 2.05) is 0 Å². The first-order chi connectivity index (χ1) is 9.66. The zero-order valence-corrected chi connectivity index (χ0v) is 10.8. The smallest absolute Gasteiger partial charge is 0.341 e. The van der Waals surface area contributed by atoms with Gasteiger partial charge in [-0.2, -0.15) is 0 Å². The van der Waals surface area contributed by atoms with Gasteiger partial charge in [0.25, 0.3) is 0 Å². The number of ether oxygens (including phenoxy) is 1. The molecule has 0 bridgehead atoms. The molecule has 3 rings (SSSR count). The summed E-state index contributed by atoms with van der Waals surface area (Å²) >= 11 is 6.12. The fourth-order valence-corrected chi connectivity index (χ4v) is 2.05. The van der Waals surface area contributed by atoms with E-state index in [-0.39, 0.29) is 10.8 Å². The van der Waals surface area contributed by atoms with Gasteiger partial charge in [-0.05, 0) is 24.3 Å². The second-order valence-electron chi connectivity index (χ2n) is 3.95. The number of hydrogen-bond donors (Lipinski definition) is 1. The summed E-state index contributed by atoms with van der Waals surface area (Å²) in [7, 11) is 0. The molecule has 0 saturated carbocycles. The molecule has 0 radical (unpaired) electrons. The SMILES string of the molecule is O=C(O)COc1ccc2c(-c3ccco3)noc2c1Cl. The molecule has 2 aromatic heterocycles. The summed E-state index contributed by atoms with van der Waals surface area (Å²) in [5.74, 6) is -0.308. The Labute approximate surface area is 117 Å². The minimum Gasteiger partial charge on any atom is -0.480 e. The van der Waals surface area contributed by atoms with Gasteiger partial charge in [-0.1, -0.05) is 16.8 Å². The fraction of sp³-hybridized carbons (Fsp3) is 0.0769. The van der Waals surface area contributed by atoms with E-state index in [0.717, 1.165) is 0 Å². The van der Waals surface area contributed by atoms with Gasteiger partial charge in [-0.3, -0.25) is 0 Å². The van der Waals surface area contributed by atoms with Gasteiger partial charge in [0, 0.05) is 0 Å². The molecule has 20 heavy (non-hydrogen) atoms. The summed E-state index contributed by atoms with van der Waals surface area (Å²) in [6.07, 6.45) is 1.53. The van der Waals surface area contributed by atoms with E-state index in [2.05, 4.69) is 5.16 Å². The van der Waals surface area contributed by atoms with Gasteiger partial charge < -0.3 is 18.8 Å². The first kappa shape index (κ1) is 12.6. The quantitative estimate of drug-likeness (QED) is 0.795. The maximum absolute atomic E-state index is 10.5. The Morgan fingerprint density at radius 3 is 2.95 bits per heavy atom. The van der Waals surface area contributed by atoms with Crippen LogP contribution in [0, 0.1) is 0 Å². The van der Waals surface area contributed by atoms with Crippen molar-refractivity contribution in [3.63, 3.8) is 0 Å². The van der Waals surface area contributed by atoms with Gasteiger partial charge in [0.05, 0.1) is 11.6 Å². The number of nitrogens with zero attached hydrogens (tertiary/aromatic N) is 1. The Hall–Kier alpha value is -2.47. The first-order valence-electron chi connectivity index (χ1n) is 5.63. The number of carboxylic acids is 1. The summed E-state index contributed by atoms with van der Waals surface area (Å²) in [6.45, 7) is -0.482. The molecule has 0 aliphatic rings. The van der Waals surface area contributed by atoms with E-state index < -0.39 is 12.6 Å². The molecular weight excluding hydrogens is 286 g/mol. The van der Waals surface area contributed by atoms with Crippen LogP contribution in [0.1, 0.15) is 0 Å². The molecule has 1 N–H and O–H groups in total. The summed E-state index contributed by atoms with van der Waals surface area (Å²) in [5, 5.41) is 13.3. The molecule has 0 spiro atoms. The fourth-order valence-electron chi connectivity index (χ4n) is 1.80. The third kappa shape index (κ3) is 2.10. The molecule has 0 aliphatic heterocycles. The largest absolute Gasteiger partial charge is 0.480 e. The lowest BCUT2D eigenvalue weighted by Crippen LogP contribution is -2.09. The van der Waals surface area contributed by atoms with Crippen LogP contribution in [-0.4, -0.2) is 22.8 Å². The Morgan fingerprint density at radius 1 is 1.40 bits per heavy atom. The number of aromatic nitrogens is 1. The Morgan fingerprint density at radius 2 is 2.25 bits per heavy atom. The van der Waals surface area contributed by atoms with E-state index in [1.165, 1.54) is 6.26 Å². The molecule has 0 fully saturated rings. The van der Waals surface area contributed by atoms with Crippen molar-refractivity contribution in [2.75, 3.05) is 6.61 Å². The topological polar surface area (TPSA) is 85.7 Å². The molecule has 3 aromatic rings.